The van der Waals surface area contributed by atoms with Crippen molar-refractivity contribution in [3.63, 3.8) is 0 Å². The van der Waals surface area contributed by atoms with Gasteiger partial charge in [0, 0.05) is 5.02 Å². The minimum absolute atomic E-state index is 0.0689. The van der Waals surface area contributed by atoms with Gasteiger partial charge in [-0.25, -0.2) is 8.42 Å². The molecule has 1 unspecified atom stereocenters. The minimum Gasteiger partial charge on any atom is -0.492 e. The summed E-state index contributed by atoms with van der Waals surface area (Å²) in [6, 6.07) is 19.6. The average Bonchev–Trinajstić information content (AvgIpc) is 2.80. The van der Waals surface area contributed by atoms with Crippen LogP contribution in [-0.2, 0) is 14.8 Å². The van der Waals surface area contributed by atoms with Crippen molar-refractivity contribution < 1.29 is 22.7 Å². The second-order valence-electron chi connectivity index (χ2n) is 6.98. The summed E-state index contributed by atoms with van der Waals surface area (Å²) in [7, 11) is -3.96. The maximum atomic E-state index is 13.4. The van der Waals surface area contributed by atoms with E-state index in [4.69, 9.17) is 21.1 Å². The van der Waals surface area contributed by atoms with E-state index in [0.29, 0.717) is 34.5 Å². The quantitative estimate of drug-likeness (QED) is 0.577. The van der Waals surface area contributed by atoms with E-state index in [1.807, 2.05) is 6.92 Å². The predicted octanol–water partition coefficient (Wildman–Crippen LogP) is 4.33. The van der Waals surface area contributed by atoms with E-state index < -0.39 is 22.0 Å². The Kier molecular flexibility index (Phi) is 6.25. The Morgan fingerprint density at radius 2 is 1.78 bits per heavy atom. The zero-order valence-electron chi connectivity index (χ0n) is 17.2. The fraction of sp³-hybridized carbons (Fsp3) is 0.174. The molecule has 1 N–H and O–H groups in total. The number of halogens is 1. The number of nitrogens with one attached hydrogen (secondary N) is 1. The maximum absolute atomic E-state index is 13.4. The number of anilines is 2. The van der Waals surface area contributed by atoms with E-state index in [9.17, 15) is 13.2 Å². The maximum Gasteiger partial charge on any atom is 0.267 e. The predicted molar refractivity (Wildman–Crippen MR) is 123 cm³/mol. The lowest BCUT2D eigenvalue weighted by Gasteiger charge is -2.34. The molecule has 166 valence electrons. The van der Waals surface area contributed by atoms with Crippen molar-refractivity contribution in [2.75, 3.05) is 22.8 Å². The SMILES string of the molecule is CCOc1ccccc1NC(=O)C1CN(S(=O)(=O)c2ccc(Cl)cc2)c2ccccc2O1. The molecule has 0 saturated heterocycles. The minimum atomic E-state index is -3.96. The molecule has 7 nitrogen and oxygen atoms in total. The second-order valence-corrected chi connectivity index (χ2v) is 9.28. The number of fused-ring (bicyclic) bond motifs is 1. The van der Waals surface area contributed by atoms with Crippen molar-refractivity contribution in [2.45, 2.75) is 17.9 Å². The summed E-state index contributed by atoms with van der Waals surface area (Å²) < 4.78 is 39.4. The zero-order chi connectivity index (χ0) is 22.7. The average molecular weight is 473 g/mol. The van der Waals surface area contributed by atoms with Gasteiger partial charge in [-0.05, 0) is 55.5 Å². The molecule has 1 atom stereocenters. The third kappa shape index (κ3) is 4.37. The lowest BCUT2D eigenvalue weighted by atomic mass is 10.2. The molecule has 4 rings (SSSR count). The number of carbonyl (C=O) groups excluding carboxylic acids is 1. The van der Waals surface area contributed by atoms with E-state index in [1.54, 1.807) is 48.5 Å². The molecule has 32 heavy (non-hydrogen) atoms. The third-order valence-corrected chi connectivity index (χ3v) is 6.92. The first-order valence-corrected chi connectivity index (χ1v) is 11.8. The molecule has 0 saturated carbocycles. The number of ether oxygens (including phenoxy) is 2. The van der Waals surface area contributed by atoms with Gasteiger partial charge in [-0.2, -0.15) is 0 Å². The molecular formula is C23H21ClN2O5S. The molecule has 0 spiro atoms. The second kappa shape index (κ2) is 9.10. The smallest absolute Gasteiger partial charge is 0.267 e. The summed E-state index contributed by atoms with van der Waals surface area (Å²) in [6.07, 6.45) is -1.07. The first kappa shape index (κ1) is 22.0. The molecule has 3 aromatic rings. The zero-order valence-corrected chi connectivity index (χ0v) is 18.8. The van der Waals surface area contributed by atoms with Gasteiger partial charge >= 0.3 is 0 Å². The molecule has 3 aromatic carbocycles. The topological polar surface area (TPSA) is 84.9 Å². The molecule has 1 aliphatic heterocycles. The van der Waals surface area contributed by atoms with Gasteiger partial charge in [0.25, 0.3) is 15.9 Å². The van der Waals surface area contributed by atoms with Crippen molar-refractivity contribution in [1.82, 2.24) is 0 Å². The number of benzene rings is 3. The van der Waals surface area contributed by atoms with Crippen LogP contribution in [0.3, 0.4) is 0 Å². The highest BCUT2D eigenvalue weighted by Crippen LogP contribution is 2.37. The Bertz CT molecular complexity index is 1230. The van der Waals surface area contributed by atoms with Crippen LogP contribution in [0.2, 0.25) is 5.02 Å². The van der Waals surface area contributed by atoms with E-state index in [1.165, 1.54) is 28.6 Å². The lowest BCUT2D eigenvalue weighted by Crippen LogP contribution is -2.48. The first-order valence-electron chi connectivity index (χ1n) is 9.97. The molecule has 0 aromatic heterocycles. The molecule has 0 bridgehead atoms. The molecule has 1 heterocycles. The van der Waals surface area contributed by atoms with Gasteiger partial charge in [0.15, 0.2) is 6.10 Å². The summed E-state index contributed by atoms with van der Waals surface area (Å²) >= 11 is 5.91. The van der Waals surface area contributed by atoms with E-state index in [2.05, 4.69) is 5.32 Å². The summed E-state index contributed by atoms with van der Waals surface area (Å²) in [5.41, 5.74) is 0.843. The molecule has 9 heteroatoms. The number of sulfonamides is 1. The summed E-state index contributed by atoms with van der Waals surface area (Å²) in [4.78, 5) is 13.1. The Morgan fingerprint density at radius 1 is 1.09 bits per heavy atom. The van der Waals surface area contributed by atoms with Crippen LogP contribution in [-0.4, -0.2) is 33.6 Å². The van der Waals surface area contributed by atoms with Crippen LogP contribution in [0.1, 0.15) is 6.92 Å². The number of rotatable bonds is 6. The fourth-order valence-electron chi connectivity index (χ4n) is 3.36. The van der Waals surface area contributed by atoms with Gasteiger partial charge in [-0.15, -0.1) is 0 Å². The Balaban J connectivity index is 1.65. The molecule has 1 amide bonds. The highest BCUT2D eigenvalue weighted by Gasteiger charge is 2.37. The Labute approximate surface area is 191 Å². The monoisotopic (exact) mass is 472 g/mol. The third-order valence-electron chi connectivity index (χ3n) is 4.87. The summed E-state index contributed by atoms with van der Waals surface area (Å²) in [5.74, 6) is 0.336. The van der Waals surface area contributed by atoms with Crippen molar-refractivity contribution in [2.24, 2.45) is 0 Å². The van der Waals surface area contributed by atoms with Gasteiger partial charge in [-0.1, -0.05) is 35.9 Å². The van der Waals surface area contributed by atoms with Gasteiger partial charge in [0.2, 0.25) is 0 Å². The number of carbonyl (C=O) groups is 1. The number of nitrogens with zero attached hydrogens (tertiary/aromatic N) is 1. The van der Waals surface area contributed by atoms with Crippen molar-refractivity contribution in [3.05, 3.63) is 77.8 Å². The molecule has 0 fully saturated rings. The highest BCUT2D eigenvalue weighted by molar-refractivity contribution is 7.92. The lowest BCUT2D eigenvalue weighted by molar-refractivity contribution is -0.122. The normalized spacial score (nSPS) is 15.4. The number of para-hydroxylation sites is 4. The van der Waals surface area contributed by atoms with Crippen LogP contribution < -0.4 is 19.1 Å². The largest absolute Gasteiger partial charge is 0.492 e. The summed E-state index contributed by atoms with van der Waals surface area (Å²) in [5, 5.41) is 3.21. The van der Waals surface area contributed by atoms with Crippen LogP contribution in [0, 0.1) is 0 Å². The molecular weight excluding hydrogens is 452 g/mol. The van der Waals surface area contributed by atoms with Gasteiger partial charge in [-0.3, -0.25) is 9.10 Å². The summed E-state index contributed by atoms with van der Waals surface area (Å²) in [6.45, 7) is 2.09. The molecule has 1 aliphatic rings. The van der Waals surface area contributed by atoms with Crippen LogP contribution in [0.4, 0.5) is 11.4 Å². The van der Waals surface area contributed by atoms with Gasteiger partial charge in [0.05, 0.1) is 29.4 Å². The standard InChI is InChI=1S/C23H21ClN2O5S/c1-2-30-20-9-5-3-7-18(20)25-23(27)22-15-26(19-8-4-6-10-21(19)31-22)32(28,29)17-13-11-16(24)12-14-17/h3-14,22H,2,15H2,1H3,(H,25,27). The van der Waals surface area contributed by atoms with Crippen LogP contribution in [0.25, 0.3) is 0 Å². The van der Waals surface area contributed by atoms with Crippen LogP contribution in [0.15, 0.2) is 77.7 Å². The van der Waals surface area contributed by atoms with Crippen molar-refractivity contribution in [3.8, 4) is 11.5 Å². The first-order chi connectivity index (χ1) is 15.4. The molecule has 0 aliphatic carbocycles. The Hall–Kier alpha value is -3.23. The van der Waals surface area contributed by atoms with Crippen molar-refractivity contribution >= 4 is 38.9 Å². The van der Waals surface area contributed by atoms with E-state index in [-0.39, 0.29) is 11.4 Å². The van der Waals surface area contributed by atoms with Gasteiger partial charge < -0.3 is 14.8 Å². The number of amides is 1. The van der Waals surface area contributed by atoms with Crippen molar-refractivity contribution in [1.29, 1.82) is 0 Å². The van der Waals surface area contributed by atoms with E-state index in [0.717, 1.165) is 0 Å². The Morgan fingerprint density at radius 3 is 2.53 bits per heavy atom. The van der Waals surface area contributed by atoms with E-state index >= 15 is 0 Å². The van der Waals surface area contributed by atoms with Crippen LogP contribution >= 0.6 is 11.6 Å². The van der Waals surface area contributed by atoms with Crippen LogP contribution in [0.5, 0.6) is 11.5 Å². The fourth-order valence-corrected chi connectivity index (χ4v) is 4.97. The number of hydrogen-bond acceptors (Lipinski definition) is 5. The highest BCUT2D eigenvalue weighted by atomic mass is 35.5. The van der Waals surface area contributed by atoms with Gasteiger partial charge in [0.1, 0.15) is 11.5 Å². The number of hydrogen-bond donors (Lipinski definition) is 1. The molecule has 0 radical (unpaired) electrons.